The quantitative estimate of drug-likeness (QED) is 0.870. The average Bonchev–Trinajstić information content (AvgIpc) is 3.25. The maximum absolute atomic E-state index is 4.84. The molecule has 1 saturated heterocycles. The number of likely N-dealkylation sites (N-methyl/N-ethyl adjacent to an activating group) is 1. The van der Waals surface area contributed by atoms with Gasteiger partial charge >= 0.3 is 0 Å². The van der Waals surface area contributed by atoms with E-state index in [4.69, 9.17) is 4.98 Å². The van der Waals surface area contributed by atoms with E-state index >= 15 is 0 Å². The van der Waals surface area contributed by atoms with E-state index in [0.717, 1.165) is 32.1 Å². The number of nitrogens with zero attached hydrogens (tertiary/aromatic N) is 4. The van der Waals surface area contributed by atoms with E-state index in [2.05, 4.69) is 59.6 Å². The van der Waals surface area contributed by atoms with Gasteiger partial charge in [-0.2, -0.15) is 0 Å². The molecule has 0 bridgehead atoms. The number of hydrogen-bond acceptors (Lipinski definition) is 3. The fourth-order valence-corrected chi connectivity index (χ4v) is 3.74. The van der Waals surface area contributed by atoms with Crippen LogP contribution in [-0.2, 0) is 5.54 Å². The van der Waals surface area contributed by atoms with Crippen molar-refractivity contribution in [3.05, 3.63) is 35.9 Å². The number of imidazole rings is 1. The molecule has 1 saturated carbocycles. The third-order valence-corrected chi connectivity index (χ3v) is 5.46. The molecular weight excluding hydrogens is 272 g/mol. The van der Waals surface area contributed by atoms with Gasteiger partial charge in [0, 0.05) is 32.4 Å². The van der Waals surface area contributed by atoms with Crippen molar-refractivity contribution >= 4 is 5.52 Å². The van der Waals surface area contributed by atoms with Gasteiger partial charge in [-0.1, -0.05) is 6.07 Å². The molecule has 0 unspecified atom stereocenters. The molecule has 22 heavy (non-hydrogen) atoms. The lowest BCUT2D eigenvalue weighted by Crippen LogP contribution is -2.52. The number of hydrogen-bond donors (Lipinski definition) is 0. The number of piperazine rings is 1. The highest BCUT2D eigenvalue weighted by molar-refractivity contribution is 5.57. The minimum atomic E-state index is -0.0319. The van der Waals surface area contributed by atoms with Crippen LogP contribution in [-0.4, -0.2) is 52.4 Å². The van der Waals surface area contributed by atoms with Crippen LogP contribution in [0.15, 0.2) is 24.5 Å². The van der Waals surface area contributed by atoms with Crippen molar-refractivity contribution in [2.45, 2.75) is 38.1 Å². The van der Waals surface area contributed by atoms with E-state index in [-0.39, 0.29) is 5.54 Å². The number of aromatic nitrogens is 2. The van der Waals surface area contributed by atoms with Gasteiger partial charge in [-0.15, -0.1) is 0 Å². The highest BCUT2D eigenvalue weighted by atomic mass is 15.3. The summed E-state index contributed by atoms with van der Waals surface area (Å²) in [6.07, 6.45) is 6.94. The number of pyridine rings is 1. The van der Waals surface area contributed by atoms with Gasteiger partial charge in [0.2, 0.25) is 0 Å². The van der Waals surface area contributed by atoms with Crippen LogP contribution in [0.3, 0.4) is 0 Å². The molecule has 0 aromatic carbocycles. The van der Waals surface area contributed by atoms with Gasteiger partial charge in [-0.05, 0) is 51.3 Å². The molecule has 0 N–H and O–H groups in total. The molecule has 4 nitrogen and oxygen atoms in total. The van der Waals surface area contributed by atoms with Crippen LogP contribution in [0.4, 0.5) is 0 Å². The van der Waals surface area contributed by atoms with Crippen molar-refractivity contribution < 1.29 is 0 Å². The molecule has 0 atom stereocenters. The first-order chi connectivity index (χ1) is 10.6. The molecule has 0 radical (unpaired) electrons. The van der Waals surface area contributed by atoms with Gasteiger partial charge in [0.1, 0.15) is 5.82 Å². The van der Waals surface area contributed by atoms with Crippen LogP contribution < -0.4 is 0 Å². The van der Waals surface area contributed by atoms with E-state index in [0.29, 0.717) is 0 Å². The first kappa shape index (κ1) is 14.2. The van der Waals surface area contributed by atoms with Crippen LogP contribution in [0.1, 0.15) is 44.0 Å². The summed E-state index contributed by atoms with van der Waals surface area (Å²) >= 11 is 0. The van der Waals surface area contributed by atoms with E-state index < -0.39 is 0 Å². The van der Waals surface area contributed by atoms with Crippen LogP contribution in [0.25, 0.3) is 5.52 Å². The SMILES string of the molecule is CN1CCN(C(C)(C)c2ncc3c(C4CC4)cccn23)CC1. The second-order valence-corrected chi connectivity index (χ2v) is 7.42. The van der Waals surface area contributed by atoms with Gasteiger partial charge in [0.05, 0.1) is 17.3 Å². The van der Waals surface area contributed by atoms with Crippen molar-refractivity contribution in [2.75, 3.05) is 33.2 Å². The Morgan fingerprint density at radius 3 is 2.55 bits per heavy atom. The Morgan fingerprint density at radius 2 is 1.86 bits per heavy atom. The predicted molar refractivity (Wildman–Crippen MR) is 89.3 cm³/mol. The molecule has 1 aliphatic heterocycles. The summed E-state index contributed by atoms with van der Waals surface area (Å²) in [5, 5.41) is 0. The van der Waals surface area contributed by atoms with Gasteiger partial charge in [0.15, 0.2) is 0 Å². The van der Waals surface area contributed by atoms with Crippen molar-refractivity contribution in [2.24, 2.45) is 0 Å². The summed E-state index contributed by atoms with van der Waals surface area (Å²) in [5.74, 6) is 1.94. The molecular formula is C18H26N4. The maximum Gasteiger partial charge on any atom is 0.133 e. The molecule has 2 fully saturated rings. The van der Waals surface area contributed by atoms with Crippen molar-refractivity contribution in [1.82, 2.24) is 19.2 Å². The van der Waals surface area contributed by atoms with E-state index in [9.17, 15) is 0 Å². The topological polar surface area (TPSA) is 23.8 Å². The lowest BCUT2D eigenvalue weighted by molar-refractivity contribution is 0.0548. The van der Waals surface area contributed by atoms with E-state index in [1.165, 1.54) is 29.7 Å². The third kappa shape index (κ3) is 2.25. The molecule has 118 valence electrons. The Kier molecular flexibility index (Phi) is 3.27. The van der Waals surface area contributed by atoms with Crippen molar-refractivity contribution in [3.63, 3.8) is 0 Å². The summed E-state index contributed by atoms with van der Waals surface area (Å²) in [7, 11) is 2.21. The maximum atomic E-state index is 4.84. The molecule has 0 amide bonds. The average molecular weight is 298 g/mol. The van der Waals surface area contributed by atoms with Crippen LogP contribution in [0, 0.1) is 0 Å². The van der Waals surface area contributed by atoms with Crippen molar-refractivity contribution in [3.8, 4) is 0 Å². The third-order valence-electron chi connectivity index (χ3n) is 5.46. The highest BCUT2D eigenvalue weighted by Crippen LogP contribution is 2.42. The Bertz CT molecular complexity index is 675. The molecule has 2 aliphatic rings. The zero-order valence-electron chi connectivity index (χ0n) is 13.9. The van der Waals surface area contributed by atoms with Crippen LogP contribution in [0.5, 0.6) is 0 Å². The Balaban J connectivity index is 1.72. The van der Waals surface area contributed by atoms with Gasteiger partial charge in [0.25, 0.3) is 0 Å². The largest absolute Gasteiger partial charge is 0.304 e. The molecule has 3 heterocycles. The number of fused-ring (bicyclic) bond motifs is 1. The smallest absolute Gasteiger partial charge is 0.133 e. The second kappa shape index (κ2) is 5.07. The minimum Gasteiger partial charge on any atom is -0.304 e. The minimum absolute atomic E-state index is 0.0319. The first-order valence-electron chi connectivity index (χ1n) is 8.47. The standard InChI is InChI=1S/C18H26N4/c1-18(2,21-11-9-20(3)10-12-21)17-19-13-16-15(14-6-7-14)5-4-8-22(16)17/h4-5,8,13-14H,6-7,9-12H2,1-3H3. The fraction of sp³-hybridized carbons (Fsp3) is 0.611. The number of rotatable bonds is 3. The first-order valence-corrected chi connectivity index (χ1v) is 8.47. The summed E-state index contributed by atoms with van der Waals surface area (Å²) in [5.41, 5.74) is 2.76. The Morgan fingerprint density at radius 1 is 1.14 bits per heavy atom. The van der Waals surface area contributed by atoms with E-state index in [1.807, 2.05) is 0 Å². The molecule has 0 spiro atoms. The summed E-state index contributed by atoms with van der Waals surface area (Å²) in [6.45, 7) is 9.13. The van der Waals surface area contributed by atoms with Gasteiger partial charge in [-0.3, -0.25) is 4.90 Å². The summed E-state index contributed by atoms with van der Waals surface area (Å²) in [4.78, 5) is 9.82. The highest BCUT2D eigenvalue weighted by Gasteiger charge is 2.35. The molecule has 2 aromatic rings. The normalized spacial score (nSPS) is 21.6. The Labute approximate surface area is 132 Å². The summed E-state index contributed by atoms with van der Waals surface area (Å²) in [6, 6.07) is 4.47. The molecule has 2 aromatic heterocycles. The van der Waals surface area contributed by atoms with Crippen LogP contribution >= 0.6 is 0 Å². The molecule has 4 rings (SSSR count). The zero-order chi connectivity index (χ0) is 15.3. The Hall–Kier alpha value is -1.39. The van der Waals surface area contributed by atoms with E-state index in [1.54, 1.807) is 0 Å². The second-order valence-electron chi connectivity index (χ2n) is 7.42. The van der Waals surface area contributed by atoms with Crippen LogP contribution in [0.2, 0.25) is 0 Å². The predicted octanol–water partition coefficient (Wildman–Crippen LogP) is 2.69. The lowest BCUT2D eigenvalue weighted by Gasteiger charge is -2.42. The molecule has 1 aliphatic carbocycles. The monoisotopic (exact) mass is 298 g/mol. The lowest BCUT2D eigenvalue weighted by atomic mass is 10.00. The van der Waals surface area contributed by atoms with Crippen molar-refractivity contribution in [1.29, 1.82) is 0 Å². The van der Waals surface area contributed by atoms with Gasteiger partial charge < -0.3 is 9.30 Å². The molecule has 4 heteroatoms. The zero-order valence-corrected chi connectivity index (χ0v) is 13.9. The van der Waals surface area contributed by atoms with Gasteiger partial charge in [-0.25, -0.2) is 4.98 Å². The fourth-order valence-electron chi connectivity index (χ4n) is 3.74. The summed E-state index contributed by atoms with van der Waals surface area (Å²) < 4.78 is 2.33.